The Kier molecular flexibility index (Phi) is 1.82. The third-order valence-corrected chi connectivity index (χ3v) is 3.16. The molecular weight excluding hydrogens is 120 g/mol. The second-order valence-corrected chi connectivity index (χ2v) is 5.01. The topological polar surface area (TPSA) is 0 Å². The maximum Gasteiger partial charge on any atom is -0.0323 e. The molecule has 0 amide bonds. The second kappa shape index (κ2) is 2.25. The molecule has 0 aromatic rings. The molecule has 1 fully saturated rings. The van der Waals surface area contributed by atoms with Gasteiger partial charge in [-0.25, -0.2) is 0 Å². The fourth-order valence-corrected chi connectivity index (χ4v) is 2.27. The van der Waals surface area contributed by atoms with Gasteiger partial charge in [-0.05, 0) is 30.1 Å². The van der Waals surface area contributed by atoms with Crippen molar-refractivity contribution in [3.05, 3.63) is 0 Å². The van der Waals surface area contributed by atoms with Gasteiger partial charge in [0.25, 0.3) is 0 Å². The zero-order chi connectivity index (χ0) is 7.83. The standard InChI is InChI=1S/C10H20/c1-5-10(4)7-6-9(2,3)8-10/h5-8H2,1-4H3. The largest absolute Gasteiger partial charge is 0.0649 e. The van der Waals surface area contributed by atoms with E-state index in [0.29, 0.717) is 10.8 Å². The molecule has 0 N–H and O–H groups in total. The molecule has 0 radical (unpaired) electrons. The van der Waals surface area contributed by atoms with Crippen LogP contribution in [0.15, 0.2) is 0 Å². The van der Waals surface area contributed by atoms with Crippen LogP contribution in [0.1, 0.15) is 53.4 Å². The summed E-state index contributed by atoms with van der Waals surface area (Å²) in [5.74, 6) is 0. The molecule has 0 nitrogen and oxygen atoms in total. The van der Waals surface area contributed by atoms with E-state index < -0.39 is 0 Å². The monoisotopic (exact) mass is 140 g/mol. The van der Waals surface area contributed by atoms with Crippen LogP contribution in [-0.2, 0) is 0 Å². The van der Waals surface area contributed by atoms with Crippen LogP contribution >= 0.6 is 0 Å². The van der Waals surface area contributed by atoms with Crippen LogP contribution in [0.4, 0.5) is 0 Å². The van der Waals surface area contributed by atoms with Crippen LogP contribution in [0, 0.1) is 10.8 Å². The van der Waals surface area contributed by atoms with Crippen molar-refractivity contribution in [1.82, 2.24) is 0 Å². The maximum absolute atomic E-state index is 2.43. The van der Waals surface area contributed by atoms with Gasteiger partial charge >= 0.3 is 0 Å². The lowest BCUT2D eigenvalue weighted by atomic mass is 9.81. The molecule has 0 heterocycles. The van der Waals surface area contributed by atoms with Crippen LogP contribution in [-0.4, -0.2) is 0 Å². The predicted octanol–water partition coefficient (Wildman–Crippen LogP) is 3.61. The molecule has 1 atom stereocenters. The Bertz CT molecular complexity index is 124. The van der Waals surface area contributed by atoms with Gasteiger partial charge < -0.3 is 0 Å². The Morgan fingerprint density at radius 2 is 1.70 bits per heavy atom. The molecule has 0 aliphatic heterocycles. The zero-order valence-corrected chi connectivity index (χ0v) is 7.83. The molecular formula is C10H20. The molecule has 0 spiro atoms. The van der Waals surface area contributed by atoms with Crippen LogP contribution in [0.5, 0.6) is 0 Å². The van der Waals surface area contributed by atoms with Crippen molar-refractivity contribution in [2.75, 3.05) is 0 Å². The van der Waals surface area contributed by atoms with Gasteiger partial charge in [-0.1, -0.05) is 34.1 Å². The first-order valence-corrected chi connectivity index (χ1v) is 4.47. The Hall–Kier alpha value is 0. The van der Waals surface area contributed by atoms with Gasteiger partial charge in [0, 0.05) is 0 Å². The van der Waals surface area contributed by atoms with E-state index in [1.165, 1.54) is 25.7 Å². The van der Waals surface area contributed by atoms with E-state index in [0.717, 1.165) is 0 Å². The van der Waals surface area contributed by atoms with Crippen molar-refractivity contribution < 1.29 is 0 Å². The van der Waals surface area contributed by atoms with E-state index in [4.69, 9.17) is 0 Å². The van der Waals surface area contributed by atoms with Crippen molar-refractivity contribution in [3.8, 4) is 0 Å². The van der Waals surface area contributed by atoms with Gasteiger partial charge in [-0.15, -0.1) is 0 Å². The SMILES string of the molecule is CCC1(C)CCC(C)(C)C1. The lowest BCUT2D eigenvalue weighted by Crippen LogP contribution is -2.13. The highest BCUT2D eigenvalue weighted by atomic mass is 14.4. The van der Waals surface area contributed by atoms with Crippen molar-refractivity contribution in [2.45, 2.75) is 53.4 Å². The van der Waals surface area contributed by atoms with Crippen molar-refractivity contribution >= 4 is 0 Å². The fraction of sp³-hybridized carbons (Fsp3) is 1.00. The lowest BCUT2D eigenvalue weighted by molar-refractivity contribution is 0.271. The van der Waals surface area contributed by atoms with Gasteiger partial charge in [-0.2, -0.15) is 0 Å². The Morgan fingerprint density at radius 1 is 1.10 bits per heavy atom. The van der Waals surface area contributed by atoms with Crippen LogP contribution in [0.2, 0.25) is 0 Å². The van der Waals surface area contributed by atoms with Crippen molar-refractivity contribution in [3.63, 3.8) is 0 Å². The number of rotatable bonds is 1. The Balaban J connectivity index is 2.57. The normalized spacial score (nSPS) is 38.4. The van der Waals surface area contributed by atoms with E-state index in [-0.39, 0.29) is 0 Å². The summed E-state index contributed by atoms with van der Waals surface area (Å²) in [6, 6.07) is 0. The summed E-state index contributed by atoms with van der Waals surface area (Å²) in [4.78, 5) is 0. The fourth-order valence-electron chi connectivity index (χ4n) is 2.27. The average molecular weight is 140 g/mol. The van der Waals surface area contributed by atoms with Crippen LogP contribution < -0.4 is 0 Å². The summed E-state index contributed by atoms with van der Waals surface area (Å²) in [5, 5.41) is 0. The summed E-state index contributed by atoms with van der Waals surface area (Å²) in [7, 11) is 0. The Morgan fingerprint density at radius 3 is 1.90 bits per heavy atom. The highest BCUT2D eigenvalue weighted by molar-refractivity contribution is 4.89. The third-order valence-electron chi connectivity index (χ3n) is 3.16. The molecule has 10 heavy (non-hydrogen) atoms. The molecule has 0 aromatic heterocycles. The van der Waals surface area contributed by atoms with E-state index in [2.05, 4.69) is 27.7 Å². The minimum atomic E-state index is 0.630. The number of hydrogen-bond acceptors (Lipinski definition) is 0. The summed E-state index contributed by atoms with van der Waals surface area (Å²) >= 11 is 0. The van der Waals surface area contributed by atoms with Gasteiger partial charge in [0.2, 0.25) is 0 Å². The maximum atomic E-state index is 2.43. The molecule has 0 heteroatoms. The van der Waals surface area contributed by atoms with Crippen LogP contribution in [0.3, 0.4) is 0 Å². The molecule has 1 saturated carbocycles. The molecule has 0 aromatic carbocycles. The third kappa shape index (κ3) is 1.53. The predicted molar refractivity (Wildman–Crippen MR) is 46.0 cm³/mol. The van der Waals surface area contributed by atoms with E-state index in [9.17, 15) is 0 Å². The van der Waals surface area contributed by atoms with Crippen LogP contribution in [0.25, 0.3) is 0 Å². The van der Waals surface area contributed by atoms with E-state index in [1.807, 2.05) is 0 Å². The highest BCUT2D eigenvalue weighted by Gasteiger charge is 2.37. The summed E-state index contributed by atoms with van der Waals surface area (Å²) in [6.45, 7) is 9.55. The van der Waals surface area contributed by atoms with Gasteiger partial charge in [0.05, 0.1) is 0 Å². The van der Waals surface area contributed by atoms with Gasteiger partial charge in [-0.3, -0.25) is 0 Å². The van der Waals surface area contributed by atoms with Gasteiger partial charge in [0.15, 0.2) is 0 Å². The lowest BCUT2D eigenvalue weighted by Gasteiger charge is -2.24. The van der Waals surface area contributed by atoms with E-state index in [1.54, 1.807) is 0 Å². The van der Waals surface area contributed by atoms with Gasteiger partial charge in [0.1, 0.15) is 0 Å². The van der Waals surface area contributed by atoms with Crippen molar-refractivity contribution in [1.29, 1.82) is 0 Å². The molecule has 0 saturated heterocycles. The first-order valence-electron chi connectivity index (χ1n) is 4.47. The van der Waals surface area contributed by atoms with Crippen molar-refractivity contribution in [2.24, 2.45) is 10.8 Å². The molecule has 0 bridgehead atoms. The minimum absolute atomic E-state index is 0.630. The highest BCUT2D eigenvalue weighted by Crippen LogP contribution is 2.50. The zero-order valence-electron chi connectivity index (χ0n) is 7.83. The summed E-state index contributed by atoms with van der Waals surface area (Å²) in [5.41, 5.74) is 1.30. The van der Waals surface area contributed by atoms with E-state index >= 15 is 0 Å². The Labute approximate surface area is 65.0 Å². The smallest absolute Gasteiger partial charge is 0.0323 e. The quantitative estimate of drug-likeness (QED) is 0.522. The molecule has 1 rings (SSSR count). The second-order valence-electron chi connectivity index (χ2n) is 5.01. The number of hydrogen-bond donors (Lipinski definition) is 0. The first-order chi connectivity index (χ1) is 4.47. The first kappa shape index (κ1) is 8.10. The molecule has 60 valence electrons. The minimum Gasteiger partial charge on any atom is -0.0649 e. The summed E-state index contributed by atoms with van der Waals surface area (Å²) < 4.78 is 0. The molecule has 1 aliphatic carbocycles. The summed E-state index contributed by atoms with van der Waals surface area (Å²) in [6.07, 6.45) is 5.65. The molecule has 1 aliphatic rings. The average Bonchev–Trinajstić information content (AvgIpc) is 2.08. The molecule has 1 unspecified atom stereocenters.